The number of ether oxygens (including phenoxy) is 1. The average molecular weight is 436 g/mol. The molecule has 0 saturated carbocycles. The quantitative estimate of drug-likeness (QED) is 0.427. The summed E-state index contributed by atoms with van der Waals surface area (Å²) < 4.78 is 6.24. The minimum atomic E-state index is -0.177. The van der Waals surface area contributed by atoms with Gasteiger partial charge in [-0.25, -0.2) is 0 Å². The number of rotatable bonds is 10. The lowest BCUT2D eigenvalue weighted by atomic mass is 9.87. The monoisotopic (exact) mass is 435 g/mol. The molecule has 0 heterocycles. The second-order valence-corrected chi connectivity index (χ2v) is 8.12. The van der Waals surface area contributed by atoms with Crippen LogP contribution in [0.3, 0.4) is 0 Å². The van der Waals surface area contributed by atoms with Gasteiger partial charge >= 0.3 is 0 Å². The van der Waals surface area contributed by atoms with Gasteiger partial charge in [-0.05, 0) is 54.1 Å². The largest absolute Gasteiger partial charge is 0.489 e. The van der Waals surface area contributed by atoms with Crippen molar-refractivity contribution in [2.45, 2.75) is 30.8 Å². The summed E-state index contributed by atoms with van der Waals surface area (Å²) >= 11 is 1.70. The molecular weight excluding hydrogens is 406 g/mol. The van der Waals surface area contributed by atoms with E-state index in [1.54, 1.807) is 17.8 Å². The Bertz CT molecular complexity index is 991. The molecule has 1 unspecified atom stereocenters. The molecule has 0 fully saturated rings. The second-order valence-electron chi connectivity index (χ2n) is 7.24. The highest BCUT2D eigenvalue weighted by Crippen LogP contribution is 2.37. The number of carbonyl (C=O) groups excluding carboxylic acids is 1. The molecule has 4 nitrogen and oxygen atoms in total. The number of carbonyl (C=O) groups is 1. The SMILES string of the molecule is CCC(c1cccc(C(=O)NCCO)c1)c1cc(SC)ccc1OCc1ccccc1. The van der Waals surface area contributed by atoms with Crippen LogP contribution in [0.5, 0.6) is 5.75 Å². The van der Waals surface area contributed by atoms with E-state index in [0.717, 1.165) is 28.9 Å². The highest BCUT2D eigenvalue weighted by atomic mass is 32.2. The molecule has 3 rings (SSSR count). The van der Waals surface area contributed by atoms with Crippen LogP contribution in [-0.4, -0.2) is 30.4 Å². The van der Waals surface area contributed by atoms with Crippen molar-refractivity contribution in [3.63, 3.8) is 0 Å². The minimum absolute atomic E-state index is 0.0768. The molecule has 0 aromatic heterocycles. The van der Waals surface area contributed by atoms with Gasteiger partial charge in [0, 0.05) is 28.5 Å². The summed E-state index contributed by atoms with van der Waals surface area (Å²) in [4.78, 5) is 13.6. The van der Waals surface area contributed by atoms with E-state index in [9.17, 15) is 4.79 Å². The third kappa shape index (κ3) is 6.12. The zero-order chi connectivity index (χ0) is 22.1. The molecule has 3 aromatic rings. The Hall–Kier alpha value is -2.76. The maximum Gasteiger partial charge on any atom is 0.251 e. The minimum Gasteiger partial charge on any atom is -0.489 e. The van der Waals surface area contributed by atoms with Crippen LogP contribution in [0.4, 0.5) is 0 Å². The molecule has 1 amide bonds. The normalized spacial score (nSPS) is 11.7. The summed E-state index contributed by atoms with van der Waals surface area (Å²) in [6.45, 7) is 2.82. The first-order valence-corrected chi connectivity index (χ1v) is 11.7. The molecule has 0 aliphatic heterocycles. The number of hydrogen-bond acceptors (Lipinski definition) is 4. The number of benzene rings is 3. The maximum atomic E-state index is 12.4. The first-order chi connectivity index (χ1) is 15.2. The van der Waals surface area contributed by atoms with Crippen LogP contribution in [0, 0.1) is 0 Å². The molecule has 5 heteroatoms. The van der Waals surface area contributed by atoms with Crippen LogP contribution in [0.15, 0.2) is 77.7 Å². The fourth-order valence-corrected chi connectivity index (χ4v) is 4.04. The highest BCUT2D eigenvalue weighted by Gasteiger charge is 2.19. The van der Waals surface area contributed by atoms with E-state index < -0.39 is 0 Å². The van der Waals surface area contributed by atoms with Gasteiger partial charge in [0.15, 0.2) is 0 Å². The highest BCUT2D eigenvalue weighted by molar-refractivity contribution is 7.98. The zero-order valence-electron chi connectivity index (χ0n) is 18.0. The Morgan fingerprint density at radius 1 is 1.06 bits per heavy atom. The summed E-state index contributed by atoms with van der Waals surface area (Å²) in [5.41, 5.74) is 3.91. The molecule has 0 aliphatic rings. The van der Waals surface area contributed by atoms with Crippen molar-refractivity contribution in [3.8, 4) is 5.75 Å². The fraction of sp³-hybridized carbons (Fsp3) is 0.269. The predicted molar refractivity (Wildman–Crippen MR) is 127 cm³/mol. The Kier molecular flexibility index (Phi) is 8.56. The Balaban J connectivity index is 1.92. The summed E-state index contributed by atoms with van der Waals surface area (Å²) in [7, 11) is 0. The number of thioether (sulfide) groups is 1. The molecule has 2 N–H and O–H groups in total. The maximum absolute atomic E-state index is 12.4. The van der Waals surface area contributed by atoms with E-state index in [-0.39, 0.29) is 25.0 Å². The third-order valence-corrected chi connectivity index (χ3v) is 5.91. The third-order valence-electron chi connectivity index (χ3n) is 5.19. The molecular formula is C26H29NO3S. The van der Waals surface area contributed by atoms with Crippen LogP contribution in [0.2, 0.25) is 0 Å². The molecule has 1 atom stereocenters. The first-order valence-electron chi connectivity index (χ1n) is 10.5. The van der Waals surface area contributed by atoms with E-state index >= 15 is 0 Å². The Labute approximate surface area is 188 Å². The van der Waals surface area contributed by atoms with E-state index in [1.165, 1.54) is 4.90 Å². The smallest absolute Gasteiger partial charge is 0.251 e. The molecule has 0 spiro atoms. The van der Waals surface area contributed by atoms with Gasteiger partial charge in [-0.2, -0.15) is 0 Å². The number of aliphatic hydroxyl groups excluding tert-OH is 1. The van der Waals surface area contributed by atoms with Gasteiger partial charge in [0.1, 0.15) is 12.4 Å². The molecule has 31 heavy (non-hydrogen) atoms. The van der Waals surface area contributed by atoms with Gasteiger partial charge in [-0.1, -0.05) is 49.4 Å². The van der Waals surface area contributed by atoms with Crippen molar-refractivity contribution >= 4 is 17.7 Å². The van der Waals surface area contributed by atoms with E-state index in [4.69, 9.17) is 9.84 Å². The average Bonchev–Trinajstić information content (AvgIpc) is 2.83. The lowest BCUT2D eigenvalue weighted by Crippen LogP contribution is -2.26. The van der Waals surface area contributed by atoms with Gasteiger partial charge in [0.2, 0.25) is 0 Å². The van der Waals surface area contributed by atoms with Crippen molar-refractivity contribution in [2.24, 2.45) is 0 Å². The predicted octanol–water partition coefficient (Wildman–Crippen LogP) is 5.25. The topological polar surface area (TPSA) is 58.6 Å². The zero-order valence-corrected chi connectivity index (χ0v) is 18.8. The van der Waals surface area contributed by atoms with Gasteiger partial charge in [-0.3, -0.25) is 4.79 Å². The number of hydrogen-bond donors (Lipinski definition) is 2. The summed E-state index contributed by atoms with van der Waals surface area (Å²) in [6.07, 6.45) is 2.94. The molecule has 0 radical (unpaired) electrons. The van der Waals surface area contributed by atoms with E-state index in [1.807, 2.05) is 36.4 Å². The van der Waals surface area contributed by atoms with Gasteiger partial charge in [-0.15, -0.1) is 11.8 Å². The van der Waals surface area contributed by atoms with Crippen LogP contribution < -0.4 is 10.1 Å². The van der Waals surface area contributed by atoms with E-state index in [0.29, 0.717) is 12.2 Å². The lowest BCUT2D eigenvalue weighted by molar-refractivity contribution is 0.0944. The molecule has 162 valence electrons. The first kappa shape index (κ1) is 22.9. The molecule has 0 aliphatic carbocycles. The van der Waals surface area contributed by atoms with Gasteiger partial charge in [0.25, 0.3) is 5.91 Å². The van der Waals surface area contributed by atoms with Crippen LogP contribution >= 0.6 is 11.8 Å². The number of amides is 1. The second kappa shape index (κ2) is 11.6. The summed E-state index contributed by atoms with van der Waals surface area (Å²) in [5.74, 6) is 0.788. The fourth-order valence-electron chi connectivity index (χ4n) is 3.60. The van der Waals surface area contributed by atoms with Crippen molar-refractivity contribution in [1.29, 1.82) is 0 Å². The van der Waals surface area contributed by atoms with Crippen LogP contribution in [0.25, 0.3) is 0 Å². The number of aliphatic hydroxyl groups is 1. The standard InChI is InChI=1S/C26H29NO3S/c1-3-23(20-10-7-11-21(16-20)26(29)27-14-15-28)24-17-22(31-2)12-13-25(24)30-18-19-8-5-4-6-9-19/h4-13,16-17,23,28H,3,14-15,18H2,1-2H3,(H,27,29). The van der Waals surface area contributed by atoms with Gasteiger partial charge in [0.05, 0.1) is 6.61 Å². The number of nitrogens with one attached hydrogen (secondary N) is 1. The molecule has 0 saturated heterocycles. The van der Waals surface area contributed by atoms with Gasteiger partial charge < -0.3 is 15.2 Å². The molecule has 0 bridgehead atoms. The summed E-state index contributed by atoms with van der Waals surface area (Å²) in [6, 6.07) is 24.2. The van der Waals surface area contributed by atoms with Crippen molar-refractivity contribution in [3.05, 3.63) is 95.1 Å². The molecule has 3 aromatic carbocycles. The van der Waals surface area contributed by atoms with Crippen LogP contribution in [0.1, 0.15) is 46.3 Å². The Morgan fingerprint density at radius 3 is 2.58 bits per heavy atom. The van der Waals surface area contributed by atoms with Crippen molar-refractivity contribution < 1.29 is 14.6 Å². The Morgan fingerprint density at radius 2 is 1.87 bits per heavy atom. The van der Waals surface area contributed by atoms with Crippen LogP contribution in [-0.2, 0) is 6.61 Å². The lowest BCUT2D eigenvalue weighted by Gasteiger charge is -2.21. The van der Waals surface area contributed by atoms with E-state index in [2.05, 4.69) is 48.8 Å². The van der Waals surface area contributed by atoms with Crippen molar-refractivity contribution in [1.82, 2.24) is 5.32 Å². The summed E-state index contributed by atoms with van der Waals surface area (Å²) in [5, 5.41) is 11.7. The van der Waals surface area contributed by atoms with Crippen molar-refractivity contribution in [2.75, 3.05) is 19.4 Å².